The molecule has 0 aromatic heterocycles. The van der Waals surface area contributed by atoms with Crippen molar-refractivity contribution >= 4 is 17.3 Å². The van der Waals surface area contributed by atoms with E-state index in [1.165, 1.54) is 5.69 Å². The summed E-state index contributed by atoms with van der Waals surface area (Å²) in [6, 6.07) is 15.9. The summed E-state index contributed by atoms with van der Waals surface area (Å²) in [5, 5.41) is 13.6. The minimum Gasteiger partial charge on any atom is -0.506 e. The highest BCUT2D eigenvalue weighted by atomic mass is 16.5. The van der Waals surface area contributed by atoms with Crippen molar-refractivity contribution in [2.75, 3.05) is 69.3 Å². The Bertz CT molecular complexity index is 911. The van der Waals surface area contributed by atoms with Crippen LogP contribution in [0.1, 0.15) is 13.3 Å². The van der Waals surface area contributed by atoms with Crippen molar-refractivity contribution < 1.29 is 9.84 Å². The van der Waals surface area contributed by atoms with E-state index in [2.05, 4.69) is 45.1 Å². The van der Waals surface area contributed by atoms with Crippen LogP contribution in [0.2, 0.25) is 0 Å². The molecule has 2 aromatic carbocycles. The molecule has 2 aromatic rings. The molecule has 4 rings (SSSR count). The third kappa shape index (κ3) is 5.21. The average Bonchev–Trinajstić information content (AvgIpc) is 3.31. The maximum absolute atomic E-state index is 10.2. The molecule has 0 aliphatic carbocycles. The summed E-state index contributed by atoms with van der Waals surface area (Å²) >= 11 is 0. The molecular weight excluding hydrogens is 402 g/mol. The number of benzene rings is 2. The highest BCUT2D eigenvalue weighted by molar-refractivity contribution is 5.80. The first-order valence-corrected chi connectivity index (χ1v) is 11.6. The van der Waals surface area contributed by atoms with Crippen LogP contribution in [0.4, 0.5) is 11.4 Å². The van der Waals surface area contributed by atoms with E-state index in [9.17, 15) is 5.11 Å². The Hall–Kier alpha value is -3.09. The lowest BCUT2D eigenvalue weighted by atomic mass is 10.1. The first-order chi connectivity index (χ1) is 15.7. The third-order valence-electron chi connectivity index (χ3n) is 6.34. The zero-order valence-corrected chi connectivity index (χ0v) is 19.2. The fourth-order valence-electron chi connectivity index (χ4n) is 4.56. The number of methoxy groups -OCH3 is 1. The standard InChI is InChI=1S/C25H35N5O2/c1-3-26-25(29-15-13-28(14-16-29)23-9-4-5-10-24(23)31)27-18-20-11-12-30(19-20)21-7-6-8-22(17-21)32-2/h4-10,17,20,31H,3,11-16,18-19H2,1-2H3,(H,26,27). The SMILES string of the molecule is CCNC(=NCC1CCN(c2cccc(OC)c2)C1)N1CCN(c2ccccc2O)CC1. The lowest BCUT2D eigenvalue weighted by molar-refractivity contribution is 0.368. The summed E-state index contributed by atoms with van der Waals surface area (Å²) in [7, 11) is 1.71. The third-order valence-corrected chi connectivity index (χ3v) is 6.34. The Balaban J connectivity index is 1.33. The van der Waals surface area contributed by atoms with Crippen LogP contribution in [0.25, 0.3) is 0 Å². The number of aliphatic imine (C=N–C) groups is 1. The summed E-state index contributed by atoms with van der Waals surface area (Å²) in [4.78, 5) is 12.0. The van der Waals surface area contributed by atoms with E-state index < -0.39 is 0 Å². The van der Waals surface area contributed by atoms with Gasteiger partial charge in [-0.25, -0.2) is 0 Å². The van der Waals surface area contributed by atoms with Crippen molar-refractivity contribution in [1.82, 2.24) is 10.2 Å². The van der Waals surface area contributed by atoms with Gasteiger partial charge in [0.2, 0.25) is 0 Å². The number of aromatic hydroxyl groups is 1. The molecule has 2 N–H and O–H groups in total. The van der Waals surface area contributed by atoms with Crippen LogP contribution in [0.5, 0.6) is 11.5 Å². The molecule has 2 aliphatic heterocycles. The Morgan fingerprint density at radius 1 is 1.06 bits per heavy atom. The van der Waals surface area contributed by atoms with Gasteiger partial charge in [-0.2, -0.15) is 0 Å². The average molecular weight is 438 g/mol. The van der Waals surface area contributed by atoms with Gasteiger partial charge in [-0.15, -0.1) is 0 Å². The first-order valence-electron chi connectivity index (χ1n) is 11.6. The monoisotopic (exact) mass is 437 g/mol. The van der Waals surface area contributed by atoms with E-state index in [-0.39, 0.29) is 0 Å². The van der Waals surface area contributed by atoms with Crippen molar-refractivity contribution in [1.29, 1.82) is 0 Å². The molecule has 0 radical (unpaired) electrons. The topological polar surface area (TPSA) is 63.6 Å². The predicted octanol–water partition coefficient (Wildman–Crippen LogP) is 3.01. The zero-order chi connectivity index (χ0) is 22.3. The molecule has 2 fully saturated rings. The van der Waals surface area contributed by atoms with E-state index in [0.717, 1.165) is 76.2 Å². The molecule has 0 saturated carbocycles. The van der Waals surface area contributed by atoms with Crippen LogP contribution in [0, 0.1) is 5.92 Å². The molecule has 0 bridgehead atoms. The Morgan fingerprint density at radius 3 is 2.62 bits per heavy atom. The molecule has 1 unspecified atom stereocenters. The van der Waals surface area contributed by atoms with E-state index >= 15 is 0 Å². The fourth-order valence-corrected chi connectivity index (χ4v) is 4.56. The molecule has 2 aliphatic rings. The molecule has 2 saturated heterocycles. The number of anilines is 2. The van der Waals surface area contributed by atoms with Crippen molar-refractivity contribution in [3.05, 3.63) is 48.5 Å². The van der Waals surface area contributed by atoms with Crippen LogP contribution >= 0.6 is 0 Å². The van der Waals surface area contributed by atoms with Gasteiger partial charge in [-0.1, -0.05) is 18.2 Å². The minimum absolute atomic E-state index is 0.350. The number of hydrogen-bond acceptors (Lipinski definition) is 5. The largest absolute Gasteiger partial charge is 0.506 e. The van der Waals surface area contributed by atoms with Crippen molar-refractivity contribution in [3.63, 3.8) is 0 Å². The second-order valence-electron chi connectivity index (χ2n) is 8.46. The summed E-state index contributed by atoms with van der Waals surface area (Å²) in [6.07, 6.45) is 1.15. The number of nitrogens with zero attached hydrogens (tertiary/aromatic N) is 4. The number of phenols is 1. The van der Waals surface area contributed by atoms with Crippen molar-refractivity contribution in [2.45, 2.75) is 13.3 Å². The number of para-hydroxylation sites is 2. The lowest BCUT2D eigenvalue weighted by Crippen LogP contribution is -2.52. The van der Waals surface area contributed by atoms with E-state index in [0.29, 0.717) is 11.7 Å². The number of hydrogen-bond donors (Lipinski definition) is 2. The maximum atomic E-state index is 10.2. The van der Waals surface area contributed by atoms with Crippen LogP contribution in [0.3, 0.4) is 0 Å². The summed E-state index contributed by atoms with van der Waals surface area (Å²) in [5.41, 5.74) is 2.14. The van der Waals surface area contributed by atoms with Gasteiger partial charge in [0.1, 0.15) is 11.5 Å². The second-order valence-corrected chi connectivity index (χ2v) is 8.46. The van der Waals surface area contributed by atoms with Gasteiger partial charge in [0.15, 0.2) is 5.96 Å². The second kappa shape index (κ2) is 10.5. The first kappa shape index (κ1) is 22.1. The van der Waals surface area contributed by atoms with Crippen LogP contribution < -0.4 is 19.9 Å². The molecule has 32 heavy (non-hydrogen) atoms. The van der Waals surface area contributed by atoms with Gasteiger partial charge in [-0.3, -0.25) is 4.99 Å². The van der Waals surface area contributed by atoms with E-state index in [4.69, 9.17) is 9.73 Å². The predicted molar refractivity (Wildman–Crippen MR) is 131 cm³/mol. The summed E-state index contributed by atoms with van der Waals surface area (Å²) in [6.45, 7) is 9.42. The number of piperazine rings is 1. The summed E-state index contributed by atoms with van der Waals surface area (Å²) in [5.74, 6) is 2.81. The highest BCUT2D eigenvalue weighted by Gasteiger charge is 2.25. The van der Waals surface area contributed by atoms with Crippen LogP contribution in [-0.4, -0.2) is 75.4 Å². The fraction of sp³-hybridized carbons (Fsp3) is 0.480. The van der Waals surface area contributed by atoms with Crippen LogP contribution in [-0.2, 0) is 0 Å². The Kier molecular flexibility index (Phi) is 7.24. The number of ether oxygens (including phenoxy) is 1. The number of guanidine groups is 1. The molecule has 172 valence electrons. The number of rotatable bonds is 6. The zero-order valence-electron chi connectivity index (χ0n) is 19.2. The van der Waals surface area contributed by atoms with E-state index in [1.54, 1.807) is 13.2 Å². The van der Waals surface area contributed by atoms with Gasteiger partial charge in [0.25, 0.3) is 0 Å². The Labute approximate surface area is 191 Å². The highest BCUT2D eigenvalue weighted by Crippen LogP contribution is 2.28. The molecule has 2 heterocycles. The van der Waals surface area contributed by atoms with Gasteiger partial charge in [0.05, 0.1) is 12.8 Å². The van der Waals surface area contributed by atoms with Crippen molar-refractivity contribution in [2.24, 2.45) is 10.9 Å². The molecule has 1 atom stereocenters. The van der Waals surface area contributed by atoms with Gasteiger partial charge >= 0.3 is 0 Å². The van der Waals surface area contributed by atoms with Crippen molar-refractivity contribution in [3.8, 4) is 11.5 Å². The smallest absolute Gasteiger partial charge is 0.194 e. The number of nitrogens with one attached hydrogen (secondary N) is 1. The van der Waals surface area contributed by atoms with Gasteiger partial charge in [0, 0.05) is 64.1 Å². The minimum atomic E-state index is 0.350. The number of phenolic OH excluding ortho intramolecular Hbond substituents is 1. The molecule has 0 spiro atoms. The Morgan fingerprint density at radius 2 is 1.88 bits per heavy atom. The summed E-state index contributed by atoms with van der Waals surface area (Å²) < 4.78 is 5.38. The maximum Gasteiger partial charge on any atom is 0.194 e. The molecular formula is C25H35N5O2. The molecule has 0 amide bonds. The van der Waals surface area contributed by atoms with Crippen LogP contribution in [0.15, 0.2) is 53.5 Å². The van der Waals surface area contributed by atoms with E-state index in [1.807, 2.05) is 24.3 Å². The lowest BCUT2D eigenvalue weighted by Gasteiger charge is -2.38. The van der Waals surface area contributed by atoms with Gasteiger partial charge < -0.3 is 29.9 Å². The molecule has 7 nitrogen and oxygen atoms in total. The normalized spacial score (nSPS) is 19.4. The molecule has 7 heteroatoms. The quantitative estimate of drug-likeness (QED) is 0.535. The van der Waals surface area contributed by atoms with Gasteiger partial charge in [-0.05, 0) is 43.5 Å².